The van der Waals surface area contributed by atoms with Gasteiger partial charge in [0.1, 0.15) is 23.3 Å². The zero-order valence-electron chi connectivity index (χ0n) is 53.8. The summed E-state index contributed by atoms with van der Waals surface area (Å²) in [7, 11) is 0. The molecule has 79 heavy (non-hydrogen) atoms. The minimum absolute atomic E-state index is 0. The van der Waals surface area contributed by atoms with Crippen molar-refractivity contribution in [1.82, 2.24) is 24.5 Å². The molecule has 0 radical (unpaired) electrons. The molecule has 9 heteroatoms. The number of para-hydroxylation sites is 4. The first kappa shape index (κ1) is 41.2. The van der Waals surface area contributed by atoms with Crippen LogP contribution >= 0.6 is 0 Å². The van der Waals surface area contributed by atoms with Gasteiger partial charge >= 0.3 is 0 Å². The van der Waals surface area contributed by atoms with Crippen LogP contribution < -0.4 is 14.5 Å². The first-order valence-electron chi connectivity index (χ1n) is 30.3. The molecule has 0 N–H and O–H groups in total. The van der Waals surface area contributed by atoms with E-state index in [0.29, 0.717) is 57.2 Å². The smallest absolute Gasteiger partial charge is 0.141 e. The number of fused-ring (bicyclic) bond motifs is 4. The predicted octanol–water partition coefficient (Wildman–Crippen LogP) is 17.1. The van der Waals surface area contributed by atoms with Crippen LogP contribution in [0.15, 0.2) is 236 Å². The maximum atomic E-state index is 9.18. The predicted molar refractivity (Wildman–Crippen MR) is 318 cm³/mol. The number of nitrogens with zero attached hydrogens (tertiary/aromatic N) is 7. The van der Waals surface area contributed by atoms with Crippen molar-refractivity contribution in [3.05, 3.63) is 279 Å². The number of hydrogen-bond acceptors (Lipinski definition) is 7. The normalized spacial score (nSPS) is 14.0. The molecular weight excluding hydrogens is 1150 g/mol. The van der Waals surface area contributed by atoms with E-state index >= 15 is 0 Å². The van der Waals surface area contributed by atoms with Gasteiger partial charge in [0.25, 0.3) is 0 Å². The summed E-state index contributed by atoms with van der Waals surface area (Å²) in [5, 5.41) is 1.80. The third kappa shape index (κ3) is 9.46. The molecule has 3 aromatic heterocycles. The van der Waals surface area contributed by atoms with E-state index in [-0.39, 0.29) is 68.9 Å². The van der Waals surface area contributed by atoms with Crippen molar-refractivity contribution in [3.8, 4) is 51.0 Å². The van der Waals surface area contributed by atoms with Gasteiger partial charge in [0, 0.05) is 66.2 Å². The summed E-state index contributed by atoms with van der Waals surface area (Å²) in [6.07, 6.45) is 1.75. The fraction of sp³-hybridized carbons (Fsp3) is 0.100. The van der Waals surface area contributed by atoms with Gasteiger partial charge < -0.3 is 26.5 Å². The van der Waals surface area contributed by atoms with Crippen molar-refractivity contribution in [2.24, 2.45) is 0 Å². The summed E-state index contributed by atoms with van der Waals surface area (Å²) in [6.45, 7) is 8.44. The third-order valence-electron chi connectivity index (χ3n) is 14.4. The quantitative estimate of drug-likeness (QED) is 0.113. The number of hydrogen-bond donors (Lipinski definition) is 0. The fourth-order valence-corrected chi connectivity index (χ4v) is 10.3. The summed E-state index contributed by atoms with van der Waals surface area (Å²) in [6, 6.07) is 56.1. The Morgan fingerprint density at radius 1 is 0.532 bits per heavy atom. The molecule has 0 fully saturated rings. The van der Waals surface area contributed by atoms with Crippen molar-refractivity contribution in [2.75, 3.05) is 16.5 Å². The molecular formula is C70H56N7OPt-3. The van der Waals surface area contributed by atoms with Gasteiger partial charge in [-0.05, 0) is 91.2 Å². The minimum Gasteiger partial charge on any atom is -0.508 e. The summed E-state index contributed by atoms with van der Waals surface area (Å²) < 4.78 is 97.7. The van der Waals surface area contributed by atoms with Gasteiger partial charge in [-0.1, -0.05) is 187 Å². The van der Waals surface area contributed by atoms with E-state index in [9.17, 15) is 5.48 Å². The van der Waals surface area contributed by atoms with E-state index in [0.717, 1.165) is 27.4 Å². The van der Waals surface area contributed by atoms with Crippen molar-refractivity contribution in [2.45, 2.75) is 38.5 Å². The number of benzene rings is 9. The molecule has 0 atom stereocenters. The Morgan fingerprint density at radius 3 is 1.70 bits per heavy atom. The van der Waals surface area contributed by atoms with Gasteiger partial charge in [-0.3, -0.25) is 0 Å². The molecule has 0 aliphatic carbocycles. The van der Waals surface area contributed by atoms with Gasteiger partial charge in [0.15, 0.2) is 0 Å². The van der Waals surface area contributed by atoms with E-state index < -0.39 is 71.3 Å². The molecule has 0 saturated carbocycles. The molecule has 1 aliphatic heterocycles. The second-order valence-electron chi connectivity index (χ2n) is 19.8. The maximum Gasteiger partial charge on any atom is 0.141 e. The molecule has 9 aromatic carbocycles. The zero-order chi connectivity index (χ0) is 60.8. The van der Waals surface area contributed by atoms with Gasteiger partial charge in [-0.25, -0.2) is 19.9 Å². The molecule has 0 bridgehead atoms. The van der Waals surface area contributed by atoms with Crippen molar-refractivity contribution >= 4 is 44.6 Å². The Balaban J connectivity index is 0.00000408. The number of aromatic nitrogens is 5. The number of rotatable bonds is 12. The maximum absolute atomic E-state index is 9.18. The van der Waals surface area contributed by atoms with Gasteiger partial charge in [-0.2, -0.15) is 6.07 Å². The van der Waals surface area contributed by atoms with Crippen molar-refractivity contribution < 1.29 is 39.5 Å². The van der Waals surface area contributed by atoms with Crippen LogP contribution in [0.4, 0.5) is 22.7 Å². The molecule has 13 rings (SSSR count). The summed E-state index contributed by atoms with van der Waals surface area (Å²) >= 11 is 0. The summed E-state index contributed by atoms with van der Waals surface area (Å²) in [5.41, 5.74) is 4.92. The molecule has 4 heterocycles. The summed E-state index contributed by atoms with van der Waals surface area (Å²) in [5.74, 6) is 2.71. The molecule has 0 unspecified atom stereocenters. The summed E-state index contributed by atoms with van der Waals surface area (Å²) in [4.78, 5) is 24.7. The molecule has 0 amide bonds. The molecule has 390 valence electrons. The van der Waals surface area contributed by atoms with Crippen LogP contribution in [-0.2, 0) is 31.9 Å². The topological polar surface area (TPSA) is 72.2 Å². The van der Waals surface area contributed by atoms with Gasteiger partial charge in [0.05, 0.1) is 37.4 Å². The second kappa shape index (κ2) is 21.5. The van der Waals surface area contributed by atoms with Crippen LogP contribution in [0.3, 0.4) is 0 Å². The van der Waals surface area contributed by atoms with E-state index in [1.165, 1.54) is 0 Å². The molecule has 0 spiro atoms. The van der Waals surface area contributed by atoms with Crippen LogP contribution in [0.1, 0.15) is 64.2 Å². The van der Waals surface area contributed by atoms with E-state index in [1.807, 2.05) is 119 Å². The number of ether oxygens (including phenoxy) is 1. The molecule has 0 saturated heterocycles. The van der Waals surface area contributed by atoms with E-state index in [2.05, 4.69) is 80.8 Å². The standard InChI is InChI=1S/C69H53N7O.CH3.Pt/c1-68(2,49-29-13-7-14-30-49)66-71-65(72-67(73-66)69(3,4)50-31-15-8-16-32-50)57-44-56-55-35-17-18-38-58(55)76(63-41-21-22-42-70-63)61(56)45-62(57)77-52-34-23-33-51(43-52)74-46-75(60-40-20-19-39-59(60)74)64-53(47-25-9-5-10-26-47)36-24-37-54(64)48-27-11-6-12-28-48;;/h5-42,44H,46H2,1-4H3;1H3;/q-2;-1;/i5D,6D,9D,10D,11D,12D,25D,26D,27D,28D;;. The average Bonchev–Trinajstić information content (AvgIpc) is 1.98. The minimum atomic E-state index is -0.697. The van der Waals surface area contributed by atoms with Crippen LogP contribution in [0.2, 0.25) is 0 Å². The Bertz CT molecular complexity index is 4530. The van der Waals surface area contributed by atoms with Crippen LogP contribution in [0.5, 0.6) is 11.5 Å². The largest absolute Gasteiger partial charge is 0.508 e. The fourth-order valence-electron chi connectivity index (χ4n) is 10.3. The molecule has 12 aromatic rings. The van der Waals surface area contributed by atoms with Crippen LogP contribution in [0.25, 0.3) is 61.3 Å². The number of pyridine rings is 1. The Kier molecular flexibility index (Phi) is 11.2. The Morgan fingerprint density at radius 2 is 1.09 bits per heavy atom. The van der Waals surface area contributed by atoms with E-state index in [1.54, 1.807) is 30.5 Å². The first-order chi connectivity index (χ1) is 41.8. The van der Waals surface area contributed by atoms with Gasteiger partial charge in [-0.15, -0.1) is 35.7 Å². The second-order valence-corrected chi connectivity index (χ2v) is 19.8. The third-order valence-corrected chi connectivity index (χ3v) is 14.4. The molecule has 1 aliphatic rings. The van der Waals surface area contributed by atoms with Crippen molar-refractivity contribution in [3.63, 3.8) is 0 Å². The van der Waals surface area contributed by atoms with Crippen LogP contribution in [0, 0.1) is 19.6 Å². The zero-order valence-corrected chi connectivity index (χ0v) is 46.1. The van der Waals surface area contributed by atoms with Crippen LogP contribution in [-0.4, -0.2) is 31.2 Å². The average molecular weight is 1220 g/mol. The number of anilines is 4. The van der Waals surface area contributed by atoms with Crippen molar-refractivity contribution in [1.29, 1.82) is 0 Å². The van der Waals surface area contributed by atoms with Gasteiger partial charge in [0.2, 0.25) is 0 Å². The van der Waals surface area contributed by atoms with E-state index in [4.69, 9.17) is 32.9 Å². The SMILES string of the molecule is [2H]c1c([2H])c([2H])c(-c2cccc(-c3c([2H])c([2H])c([2H])c([2H])c3[2H])c2N2CN(c3[c-]c(Oc4[c-]c5c(cc4-c4nc(C(C)(C)c6ccccc6)nc(C(C)(C)c6ccccc6)n4)c4ccccc4n5-c4ccccn4)ccc3)c3ccccc32)c([2H])c1[2H].[CH3-].[Pt]. The Hall–Kier alpha value is -8.97. The Labute approximate surface area is 491 Å². The monoisotopic (exact) mass is 1220 g/mol. The molecule has 8 nitrogen and oxygen atoms in total. The first-order valence-corrected chi connectivity index (χ1v) is 25.3.